The molecule has 2 aromatic carbocycles. The normalized spacial score (nSPS) is 12.3. The highest BCUT2D eigenvalue weighted by atomic mass is 32.2. The molecule has 1 N–H and O–H groups in total. The van der Waals surface area contributed by atoms with Crippen LogP contribution in [0.2, 0.25) is 0 Å². The molecule has 0 spiro atoms. The zero-order valence-corrected chi connectivity index (χ0v) is 18.6. The van der Waals surface area contributed by atoms with Crippen molar-refractivity contribution in [2.45, 2.75) is 24.2 Å². The van der Waals surface area contributed by atoms with Crippen molar-refractivity contribution in [2.24, 2.45) is 0 Å². The third kappa shape index (κ3) is 7.73. The van der Waals surface area contributed by atoms with Crippen LogP contribution in [0.25, 0.3) is 11.3 Å². The Morgan fingerprint density at radius 1 is 0.914 bits per heavy atom. The number of alkyl halides is 6. The molecular formula is C21H17F6N3O4S. The quantitative estimate of drug-likeness (QED) is 0.413. The van der Waals surface area contributed by atoms with Gasteiger partial charge in [0, 0.05) is 23.5 Å². The van der Waals surface area contributed by atoms with E-state index in [0.29, 0.717) is 23.1 Å². The van der Waals surface area contributed by atoms with Crippen LogP contribution in [0.1, 0.15) is 5.82 Å². The molecule has 0 bridgehead atoms. The van der Waals surface area contributed by atoms with Gasteiger partial charge in [0.05, 0.1) is 5.69 Å². The first kappa shape index (κ1) is 26.1. The Balaban J connectivity index is 1.95. The molecule has 0 atom stereocenters. The predicted octanol–water partition coefficient (Wildman–Crippen LogP) is 5.14. The van der Waals surface area contributed by atoms with Gasteiger partial charge in [0.25, 0.3) is 10.0 Å². The Morgan fingerprint density at radius 2 is 1.60 bits per heavy atom. The number of aromatic nitrogens is 2. The fourth-order valence-corrected chi connectivity index (χ4v) is 4.01. The van der Waals surface area contributed by atoms with Crippen LogP contribution in [0.3, 0.4) is 0 Å². The molecule has 0 fully saturated rings. The minimum absolute atomic E-state index is 0.0159. The van der Waals surface area contributed by atoms with Crippen LogP contribution >= 0.6 is 0 Å². The number of anilines is 1. The van der Waals surface area contributed by atoms with Crippen LogP contribution in [0, 0.1) is 6.92 Å². The number of rotatable bonds is 8. The van der Waals surface area contributed by atoms with Crippen molar-refractivity contribution in [3.05, 3.63) is 60.6 Å². The number of ether oxygens (including phenoxy) is 2. The topological polar surface area (TPSA) is 90.4 Å². The molecule has 14 heteroatoms. The lowest BCUT2D eigenvalue weighted by Crippen LogP contribution is -2.22. The number of benzene rings is 2. The first-order valence-corrected chi connectivity index (χ1v) is 11.2. The van der Waals surface area contributed by atoms with Crippen molar-refractivity contribution < 1.29 is 44.2 Å². The van der Waals surface area contributed by atoms with Gasteiger partial charge in [-0.3, -0.25) is 4.72 Å². The molecule has 0 aliphatic heterocycles. The maximum absolute atomic E-state index is 13.0. The van der Waals surface area contributed by atoms with Crippen molar-refractivity contribution in [3.63, 3.8) is 0 Å². The maximum Gasteiger partial charge on any atom is 0.422 e. The third-order valence-corrected chi connectivity index (χ3v) is 5.59. The monoisotopic (exact) mass is 521 g/mol. The van der Waals surface area contributed by atoms with Crippen molar-refractivity contribution in [1.82, 2.24) is 9.97 Å². The number of nitrogens with one attached hydrogen (secondary N) is 1. The summed E-state index contributed by atoms with van der Waals surface area (Å²) in [5, 5.41) is 0. The van der Waals surface area contributed by atoms with Gasteiger partial charge in [-0.1, -0.05) is 12.1 Å². The van der Waals surface area contributed by atoms with Crippen LogP contribution in [0.5, 0.6) is 11.5 Å². The SMILES string of the molecule is Cc1nccc(-c2cccc(NS(=O)(=O)c3cc(OCC(F)(F)F)ccc3OCC(F)(F)F)c2)n1. The fraction of sp³-hybridized carbons (Fsp3) is 0.238. The summed E-state index contributed by atoms with van der Waals surface area (Å²) in [6.45, 7) is -1.89. The number of sulfonamides is 1. The second kappa shape index (κ2) is 9.98. The minimum atomic E-state index is -4.79. The van der Waals surface area contributed by atoms with Crippen molar-refractivity contribution in [2.75, 3.05) is 17.9 Å². The van der Waals surface area contributed by atoms with Crippen LogP contribution in [-0.2, 0) is 10.0 Å². The molecule has 0 saturated heterocycles. The summed E-state index contributed by atoms with van der Waals surface area (Å²) in [5.74, 6) is -0.792. The zero-order chi connectivity index (χ0) is 25.9. The van der Waals surface area contributed by atoms with E-state index in [1.165, 1.54) is 24.4 Å². The minimum Gasteiger partial charge on any atom is -0.484 e. The Bertz CT molecular complexity index is 1300. The second-order valence-corrected chi connectivity index (χ2v) is 8.74. The number of nitrogens with zero attached hydrogens (tertiary/aromatic N) is 2. The molecule has 0 aliphatic rings. The smallest absolute Gasteiger partial charge is 0.422 e. The van der Waals surface area contributed by atoms with E-state index in [2.05, 4.69) is 24.2 Å². The fourth-order valence-electron chi connectivity index (χ4n) is 2.80. The van der Waals surface area contributed by atoms with E-state index in [1.807, 2.05) is 0 Å². The van der Waals surface area contributed by atoms with Gasteiger partial charge in [0.2, 0.25) is 0 Å². The van der Waals surface area contributed by atoms with Crippen molar-refractivity contribution in [1.29, 1.82) is 0 Å². The molecule has 1 heterocycles. The number of hydrogen-bond donors (Lipinski definition) is 1. The van der Waals surface area contributed by atoms with Crippen LogP contribution in [-0.4, -0.2) is 44.0 Å². The van der Waals surface area contributed by atoms with Crippen molar-refractivity contribution in [3.8, 4) is 22.8 Å². The van der Waals surface area contributed by atoms with Gasteiger partial charge in [0.15, 0.2) is 13.2 Å². The van der Waals surface area contributed by atoms with E-state index in [4.69, 9.17) is 0 Å². The lowest BCUT2D eigenvalue weighted by Gasteiger charge is -2.17. The average molecular weight is 521 g/mol. The molecule has 0 amide bonds. The summed E-state index contributed by atoms with van der Waals surface area (Å²) < 4.78 is 113. The molecule has 3 rings (SSSR count). The highest BCUT2D eigenvalue weighted by Gasteiger charge is 2.31. The standard InChI is InChI=1S/C21H17F6N3O4S/c1-13-28-8-7-17(29-13)14-3-2-4-15(9-14)30-35(31,32)19-10-16(33-11-20(22,23)24)5-6-18(19)34-12-21(25,26)27/h2-10,30H,11-12H2,1H3. The van der Waals surface area contributed by atoms with E-state index < -0.39 is 52.0 Å². The second-order valence-electron chi connectivity index (χ2n) is 7.09. The highest BCUT2D eigenvalue weighted by molar-refractivity contribution is 7.92. The van der Waals surface area contributed by atoms with Crippen LogP contribution in [0.15, 0.2) is 59.6 Å². The van der Waals surface area contributed by atoms with Crippen LogP contribution in [0.4, 0.5) is 32.0 Å². The lowest BCUT2D eigenvalue weighted by molar-refractivity contribution is -0.154. The van der Waals surface area contributed by atoms with Gasteiger partial charge >= 0.3 is 12.4 Å². The summed E-state index contributed by atoms with van der Waals surface area (Å²) in [4.78, 5) is 7.36. The van der Waals surface area contributed by atoms with E-state index >= 15 is 0 Å². The van der Waals surface area contributed by atoms with Gasteiger partial charge in [-0.05, 0) is 37.3 Å². The molecule has 0 unspecified atom stereocenters. The van der Waals surface area contributed by atoms with Gasteiger partial charge in [-0.15, -0.1) is 0 Å². The van der Waals surface area contributed by atoms with Gasteiger partial charge in [-0.2, -0.15) is 26.3 Å². The molecular weight excluding hydrogens is 504 g/mol. The molecule has 3 aromatic rings. The molecule has 188 valence electrons. The number of halogens is 6. The van der Waals surface area contributed by atoms with E-state index in [9.17, 15) is 34.8 Å². The molecule has 0 saturated carbocycles. The van der Waals surface area contributed by atoms with Crippen molar-refractivity contribution >= 4 is 15.7 Å². The first-order chi connectivity index (χ1) is 16.2. The Labute approximate surface area is 195 Å². The van der Waals surface area contributed by atoms with E-state index in [-0.39, 0.29) is 5.69 Å². The van der Waals surface area contributed by atoms with Gasteiger partial charge < -0.3 is 9.47 Å². The number of hydrogen-bond acceptors (Lipinski definition) is 6. The van der Waals surface area contributed by atoms with Crippen LogP contribution < -0.4 is 14.2 Å². The molecule has 7 nitrogen and oxygen atoms in total. The van der Waals surface area contributed by atoms with Gasteiger partial charge in [0.1, 0.15) is 22.2 Å². The summed E-state index contributed by atoms with van der Waals surface area (Å²) in [7, 11) is -4.63. The first-order valence-electron chi connectivity index (χ1n) is 9.68. The average Bonchev–Trinajstić information content (AvgIpc) is 2.75. The summed E-state index contributed by atoms with van der Waals surface area (Å²) in [6, 6.07) is 9.83. The molecule has 0 radical (unpaired) electrons. The zero-order valence-electron chi connectivity index (χ0n) is 17.8. The number of aryl methyl sites for hydroxylation is 1. The molecule has 0 aliphatic carbocycles. The Morgan fingerprint density at radius 3 is 2.26 bits per heavy atom. The van der Waals surface area contributed by atoms with Gasteiger partial charge in [-0.25, -0.2) is 18.4 Å². The van der Waals surface area contributed by atoms with E-state index in [0.717, 1.165) is 12.1 Å². The largest absolute Gasteiger partial charge is 0.484 e. The summed E-state index contributed by atoms with van der Waals surface area (Å²) in [5.41, 5.74) is 1.00. The molecule has 35 heavy (non-hydrogen) atoms. The predicted molar refractivity (Wildman–Crippen MR) is 113 cm³/mol. The third-order valence-electron chi connectivity index (χ3n) is 4.19. The maximum atomic E-state index is 13.0. The Kier molecular flexibility index (Phi) is 7.43. The highest BCUT2D eigenvalue weighted by Crippen LogP contribution is 2.32. The molecule has 1 aromatic heterocycles. The van der Waals surface area contributed by atoms with E-state index in [1.54, 1.807) is 19.1 Å². The Hall–Kier alpha value is -3.55. The summed E-state index contributed by atoms with van der Waals surface area (Å²) in [6.07, 6.45) is -8.00. The lowest BCUT2D eigenvalue weighted by atomic mass is 10.1. The summed E-state index contributed by atoms with van der Waals surface area (Å²) >= 11 is 0.